The van der Waals surface area contributed by atoms with Crippen LogP contribution >= 0.6 is 36.2 Å². The molecule has 2 N–H and O–H groups in total. The first-order valence-corrected chi connectivity index (χ1v) is 6.50. The molecule has 0 aliphatic carbocycles. The number of nitrogens with zero attached hydrogens (tertiary/aromatic N) is 2. The molecule has 1 aromatic rings. The fourth-order valence-corrected chi connectivity index (χ4v) is 2.87. The van der Waals surface area contributed by atoms with Gasteiger partial charge < -0.3 is 10.6 Å². The van der Waals surface area contributed by atoms with Gasteiger partial charge in [0, 0.05) is 30.6 Å². The molecule has 1 aliphatic rings. The average molecular weight is 312 g/mol. The number of rotatable bonds is 2. The number of carbonyl (C=O) groups excluding carboxylic acids is 1. The summed E-state index contributed by atoms with van der Waals surface area (Å²) in [6, 6.07) is -0.393. The molecule has 0 aromatic carbocycles. The Balaban J connectivity index is 0.00000144. The molecular weight excluding hydrogens is 293 g/mol. The molecule has 0 bridgehead atoms. The molecule has 0 radical (unpaired) electrons. The van der Waals surface area contributed by atoms with Crippen LogP contribution in [0.2, 0.25) is 0 Å². The van der Waals surface area contributed by atoms with Crippen molar-refractivity contribution in [1.82, 2.24) is 9.88 Å². The second kappa shape index (κ2) is 7.94. The summed E-state index contributed by atoms with van der Waals surface area (Å²) in [6.07, 6.45) is 3.99. The highest BCUT2D eigenvalue weighted by molar-refractivity contribution is 7.09. The maximum absolute atomic E-state index is 11.8. The number of nitrogens with two attached hydrogens (primary N) is 1. The van der Waals surface area contributed by atoms with Gasteiger partial charge >= 0.3 is 0 Å². The van der Waals surface area contributed by atoms with Crippen molar-refractivity contribution in [1.29, 1.82) is 0 Å². The molecule has 1 aliphatic heterocycles. The largest absolute Gasteiger partial charge is 0.341 e. The van der Waals surface area contributed by atoms with Crippen molar-refractivity contribution in [2.75, 3.05) is 13.1 Å². The van der Waals surface area contributed by atoms with Crippen LogP contribution in [0.4, 0.5) is 0 Å². The van der Waals surface area contributed by atoms with Gasteiger partial charge in [-0.15, -0.1) is 36.2 Å². The Bertz CT molecular complexity index is 359. The van der Waals surface area contributed by atoms with E-state index in [2.05, 4.69) is 4.98 Å². The van der Waals surface area contributed by atoms with Crippen LogP contribution in [0.25, 0.3) is 0 Å². The first-order chi connectivity index (χ1) is 7.68. The van der Waals surface area contributed by atoms with Crippen LogP contribution in [0.15, 0.2) is 11.6 Å². The molecule has 1 fully saturated rings. The molecule has 4 nitrogen and oxygen atoms in total. The minimum atomic E-state index is -0.393. The number of likely N-dealkylation sites (tertiary alicyclic amines) is 1. The highest BCUT2D eigenvalue weighted by Gasteiger charge is 2.27. The molecular formula is C11H19Cl2N3OS. The Morgan fingerprint density at radius 1 is 1.61 bits per heavy atom. The van der Waals surface area contributed by atoms with Crippen LogP contribution < -0.4 is 5.73 Å². The van der Waals surface area contributed by atoms with E-state index in [1.165, 1.54) is 0 Å². The normalized spacial score (nSPS) is 20.6. The van der Waals surface area contributed by atoms with E-state index in [0.717, 1.165) is 30.9 Å². The van der Waals surface area contributed by atoms with Gasteiger partial charge in [-0.05, 0) is 19.8 Å². The van der Waals surface area contributed by atoms with Gasteiger partial charge in [0.15, 0.2) is 0 Å². The van der Waals surface area contributed by atoms with E-state index in [1.54, 1.807) is 18.3 Å². The van der Waals surface area contributed by atoms with Gasteiger partial charge in [-0.1, -0.05) is 0 Å². The number of piperidine rings is 1. The lowest BCUT2D eigenvalue weighted by Gasteiger charge is -2.32. The van der Waals surface area contributed by atoms with Crippen LogP contribution in [-0.2, 0) is 4.79 Å². The van der Waals surface area contributed by atoms with Gasteiger partial charge in [-0.25, -0.2) is 4.98 Å². The zero-order chi connectivity index (χ0) is 11.5. The molecule has 104 valence electrons. The van der Waals surface area contributed by atoms with Gasteiger partial charge in [0.05, 0.1) is 11.0 Å². The fraction of sp³-hybridized carbons (Fsp3) is 0.636. The molecule has 18 heavy (non-hydrogen) atoms. The molecule has 7 heteroatoms. The van der Waals surface area contributed by atoms with Gasteiger partial charge in [0.2, 0.25) is 5.91 Å². The van der Waals surface area contributed by atoms with Crippen LogP contribution in [0.1, 0.15) is 30.7 Å². The summed E-state index contributed by atoms with van der Waals surface area (Å²) >= 11 is 1.67. The van der Waals surface area contributed by atoms with Crippen molar-refractivity contribution in [2.45, 2.75) is 31.7 Å². The highest BCUT2D eigenvalue weighted by atomic mass is 35.5. The molecule has 1 aromatic heterocycles. The van der Waals surface area contributed by atoms with Crippen LogP contribution in [0.3, 0.4) is 0 Å². The molecule has 0 saturated carbocycles. The molecule has 1 amide bonds. The third kappa shape index (κ3) is 4.09. The molecule has 2 rings (SSSR count). The first-order valence-electron chi connectivity index (χ1n) is 5.62. The van der Waals surface area contributed by atoms with Crippen molar-refractivity contribution in [2.24, 2.45) is 5.73 Å². The summed E-state index contributed by atoms with van der Waals surface area (Å²) in [7, 11) is 0. The third-order valence-corrected chi connectivity index (χ3v) is 3.86. The third-order valence-electron chi connectivity index (χ3n) is 2.92. The zero-order valence-corrected chi connectivity index (χ0v) is 12.7. The van der Waals surface area contributed by atoms with Crippen molar-refractivity contribution in [3.05, 3.63) is 16.6 Å². The Labute approximate surface area is 124 Å². The van der Waals surface area contributed by atoms with Crippen molar-refractivity contribution < 1.29 is 4.79 Å². The Morgan fingerprint density at radius 2 is 2.33 bits per heavy atom. The fourth-order valence-electron chi connectivity index (χ4n) is 2.10. The lowest BCUT2D eigenvalue weighted by Crippen LogP contribution is -2.46. The molecule has 0 spiro atoms. The van der Waals surface area contributed by atoms with E-state index in [9.17, 15) is 4.79 Å². The predicted octanol–water partition coefficient (Wildman–Crippen LogP) is 2.04. The highest BCUT2D eigenvalue weighted by Crippen LogP contribution is 2.28. The average Bonchev–Trinajstić information content (AvgIpc) is 2.81. The summed E-state index contributed by atoms with van der Waals surface area (Å²) in [4.78, 5) is 18.0. The Hall–Kier alpha value is -0.360. The maximum atomic E-state index is 11.8. The predicted molar refractivity (Wildman–Crippen MR) is 78.8 cm³/mol. The van der Waals surface area contributed by atoms with E-state index >= 15 is 0 Å². The van der Waals surface area contributed by atoms with E-state index in [4.69, 9.17) is 5.73 Å². The summed E-state index contributed by atoms with van der Waals surface area (Å²) in [5.74, 6) is 0.456. The monoisotopic (exact) mass is 311 g/mol. The summed E-state index contributed by atoms with van der Waals surface area (Å²) in [6.45, 7) is 3.35. The van der Waals surface area contributed by atoms with Crippen molar-refractivity contribution in [3.8, 4) is 0 Å². The van der Waals surface area contributed by atoms with Gasteiger partial charge in [0.25, 0.3) is 0 Å². The molecule has 2 atom stereocenters. The Kier molecular flexibility index (Phi) is 7.78. The van der Waals surface area contributed by atoms with Crippen LogP contribution in [0, 0.1) is 0 Å². The van der Waals surface area contributed by atoms with Crippen molar-refractivity contribution >= 4 is 42.1 Å². The van der Waals surface area contributed by atoms with Gasteiger partial charge in [0.1, 0.15) is 0 Å². The number of halogens is 2. The quantitative estimate of drug-likeness (QED) is 0.909. The first kappa shape index (κ1) is 17.6. The molecule has 1 saturated heterocycles. The molecule has 2 heterocycles. The number of amides is 1. The summed E-state index contributed by atoms with van der Waals surface area (Å²) in [5, 5.41) is 3.13. The maximum Gasteiger partial charge on any atom is 0.239 e. The topological polar surface area (TPSA) is 59.2 Å². The summed E-state index contributed by atoms with van der Waals surface area (Å²) < 4.78 is 0. The minimum Gasteiger partial charge on any atom is -0.341 e. The second-order valence-corrected chi connectivity index (χ2v) is 5.21. The minimum absolute atomic E-state index is 0. The number of thiazole rings is 1. The second-order valence-electron chi connectivity index (χ2n) is 4.28. The lowest BCUT2D eigenvalue weighted by atomic mass is 9.98. The van der Waals surface area contributed by atoms with Gasteiger partial charge in [-0.3, -0.25) is 4.79 Å². The van der Waals surface area contributed by atoms with Crippen molar-refractivity contribution in [3.63, 3.8) is 0 Å². The van der Waals surface area contributed by atoms with E-state index in [-0.39, 0.29) is 30.7 Å². The van der Waals surface area contributed by atoms with Crippen LogP contribution in [0.5, 0.6) is 0 Å². The number of carbonyl (C=O) groups is 1. The van der Waals surface area contributed by atoms with Gasteiger partial charge in [-0.2, -0.15) is 0 Å². The zero-order valence-electron chi connectivity index (χ0n) is 10.2. The number of hydrogen-bond acceptors (Lipinski definition) is 4. The Morgan fingerprint density at radius 3 is 2.89 bits per heavy atom. The SMILES string of the molecule is C[C@@H](N)C(=O)N1CCCC(c2nccs2)C1.Cl.Cl. The summed E-state index contributed by atoms with van der Waals surface area (Å²) in [5.41, 5.74) is 5.63. The van der Waals surface area contributed by atoms with E-state index < -0.39 is 6.04 Å². The number of aromatic nitrogens is 1. The van der Waals surface area contributed by atoms with E-state index in [0.29, 0.717) is 5.92 Å². The smallest absolute Gasteiger partial charge is 0.239 e. The van der Waals surface area contributed by atoms with Crippen LogP contribution in [-0.4, -0.2) is 34.9 Å². The standard InChI is InChI=1S/C11H17N3OS.2ClH/c1-8(12)11(15)14-5-2-3-9(7-14)10-13-4-6-16-10;;/h4,6,8-9H,2-3,5,7,12H2,1H3;2*1H/t8-,9?;;/m1../s1. The molecule has 1 unspecified atom stereocenters. The van der Waals surface area contributed by atoms with E-state index in [1.807, 2.05) is 16.5 Å². The lowest BCUT2D eigenvalue weighted by molar-refractivity contribution is -0.133. The number of hydrogen-bond donors (Lipinski definition) is 1.